The summed E-state index contributed by atoms with van der Waals surface area (Å²) in [4.78, 5) is 7.55. The maximum Gasteiger partial charge on any atom is 0.364 e. The van der Waals surface area contributed by atoms with Crippen molar-refractivity contribution >= 4 is 50.8 Å². The summed E-state index contributed by atoms with van der Waals surface area (Å²) in [6.45, 7) is 5.35. The minimum Gasteiger partial charge on any atom is -0.353 e. The molecule has 0 bridgehead atoms. The Kier molecular flexibility index (Phi) is 4.80. The van der Waals surface area contributed by atoms with E-state index in [1.165, 1.54) is 6.07 Å². The molecule has 0 unspecified atom stereocenters. The maximum absolute atomic E-state index is 15.0. The largest absolute Gasteiger partial charge is 0.364 e. The normalized spacial score (nSPS) is 12.4. The highest BCUT2D eigenvalue weighted by Gasteiger charge is 2.32. The minimum atomic E-state index is -3.72. The van der Waals surface area contributed by atoms with Gasteiger partial charge in [-0.15, -0.1) is 0 Å². The van der Waals surface area contributed by atoms with Crippen molar-refractivity contribution < 1.29 is 18.0 Å². The lowest BCUT2D eigenvalue weighted by atomic mass is 10.1. The summed E-state index contributed by atoms with van der Waals surface area (Å²) in [5, 5.41) is 0.611. The summed E-state index contributed by atoms with van der Waals surface area (Å²) in [5.41, 5.74) is 2.44. The number of aromatic nitrogens is 2. The topological polar surface area (TPSA) is 64.2 Å². The molecule has 0 atom stereocenters. The first-order valence-corrected chi connectivity index (χ1v) is 9.90. The van der Waals surface area contributed by atoms with Gasteiger partial charge in [0.15, 0.2) is 0 Å². The second-order valence-electron chi connectivity index (χ2n) is 5.26. The number of pyridine rings is 1. The van der Waals surface area contributed by atoms with Crippen molar-refractivity contribution in [2.75, 3.05) is 13.2 Å². The van der Waals surface area contributed by atoms with Crippen LogP contribution in [0.1, 0.15) is 19.4 Å². The van der Waals surface area contributed by atoms with Gasteiger partial charge in [0, 0.05) is 21.6 Å². The molecule has 0 fully saturated rings. The van der Waals surface area contributed by atoms with E-state index in [1.807, 2.05) is 6.07 Å². The van der Waals surface area contributed by atoms with Gasteiger partial charge in [0.05, 0.1) is 24.2 Å². The molecule has 1 N–H and O–H groups in total. The zero-order valence-electron chi connectivity index (χ0n) is 13.5. The van der Waals surface area contributed by atoms with E-state index in [0.717, 1.165) is 9.99 Å². The number of hydrogen-bond donors (Lipinski definition) is 1. The van der Waals surface area contributed by atoms with Gasteiger partial charge in [-0.05, 0) is 54.4 Å². The number of nitrogens with zero attached hydrogens (tertiary/aromatic N) is 1. The van der Waals surface area contributed by atoms with E-state index >= 15 is 0 Å². The number of rotatable bonds is 5. The van der Waals surface area contributed by atoms with Gasteiger partial charge >= 0.3 is 7.60 Å². The number of H-pyrrole nitrogens is 1. The van der Waals surface area contributed by atoms with Gasteiger partial charge < -0.3 is 14.0 Å². The summed E-state index contributed by atoms with van der Waals surface area (Å²) < 4.78 is 39.3. The fourth-order valence-corrected chi connectivity index (χ4v) is 4.83. The van der Waals surface area contributed by atoms with Crippen LogP contribution in [0.25, 0.3) is 21.9 Å². The lowest BCUT2D eigenvalue weighted by molar-refractivity contribution is 0.229. The molecule has 3 rings (SSSR count). The second kappa shape index (κ2) is 6.56. The molecule has 0 radical (unpaired) electrons. The highest BCUT2D eigenvalue weighted by atomic mass is 79.9. The Morgan fingerprint density at radius 3 is 2.54 bits per heavy atom. The predicted molar refractivity (Wildman–Crippen MR) is 96.5 cm³/mol. The van der Waals surface area contributed by atoms with Gasteiger partial charge in [-0.2, -0.15) is 0 Å². The monoisotopic (exact) mass is 414 g/mol. The molecule has 2 heterocycles. The zero-order chi connectivity index (χ0) is 17.5. The van der Waals surface area contributed by atoms with E-state index in [-0.39, 0.29) is 18.5 Å². The number of benzene rings is 1. The van der Waals surface area contributed by atoms with Crippen LogP contribution in [-0.4, -0.2) is 23.2 Å². The van der Waals surface area contributed by atoms with Crippen LogP contribution < -0.4 is 5.30 Å². The number of aryl methyl sites for hydroxylation is 1. The molecule has 24 heavy (non-hydrogen) atoms. The molecular formula is C16H17BrFN2O3P. The van der Waals surface area contributed by atoms with Crippen LogP contribution in [0, 0.1) is 12.7 Å². The number of aromatic amines is 1. The van der Waals surface area contributed by atoms with Gasteiger partial charge in [0.25, 0.3) is 0 Å². The number of nitrogens with one attached hydrogen (secondary N) is 1. The Balaban J connectivity index is 2.33. The van der Waals surface area contributed by atoms with Gasteiger partial charge in [-0.1, -0.05) is 0 Å². The van der Waals surface area contributed by atoms with Crippen LogP contribution in [0.2, 0.25) is 0 Å². The molecule has 0 saturated carbocycles. The fraction of sp³-hybridized carbons (Fsp3) is 0.312. The molecule has 1 aromatic carbocycles. The van der Waals surface area contributed by atoms with Crippen LogP contribution in [-0.2, 0) is 13.6 Å². The average Bonchev–Trinajstić information content (AvgIpc) is 2.88. The van der Waals surface area contributed by atoms with Gasteiger partial charge in [-0.25, -0.2) is 4.39 Å². The molecule has 2 aromatic heterocycles. The first kappa shape index (κ1) is 17.5. The summed E-state index contributed by atoms with van der Waals surface area (Å²) in [6, 6.07) is 3.36. The smallest absolute Gasteiger partial charge is 0.353 e. The summed E-state index contributed by atoms with van der Waals surface area (Å²) >= 11 is 3.37. The highest BCUT2D eigenvalue weighted by Crippen LogP contribution is 2.48. The molecule has 8 heteroatoms. The first-order valence-electron chi connectivity index (χ1n) is 7.57. The standard InChI is InChI=1S/C16H17BrFN2O3P/c1-4-22-24(21,23-5-2)13-7-11-14(9(3)15(13)18)16-12(20-11)6-10(17)8-19-16/h6-8,20H,4-5H2,1-3H3. The van der Waals surface area contributed by atoms with Crippen LogP contribution >= 0.6 is 23.5 Å². The lowest BCUT2D eigenvalue weighted by Crippen LogP contribution is -2.16. The molecule has 0 aliphatic rings. The van der Waals surface area contributed by atoms with Gasteiger partial charge in [0.1, 0.15) is 11.1 Å². The second-order valence-corrected chi connectivity index (χ2v) is 8.17. The summed E-state index contributed by atoms with van der Waals surface area (Å²) in [5.74, 6) is -0.585. The quantitative estimate of drug-likeness (QED) is 0.608. The number of halogens is 2. The van der Waals surface area contributed by atoms with Crippen LogP contribution in [0.4, 0.5) is 4.39 Å². The summed E-state index contributed by atoms with van der Waals surface area (Å²) in [7, 11) is -3.72. The molecule has 128 valence electrons. The third kappa shape index (κ3) is 2.80. The van der Waals surface area contributed by atoms with E-state index in [2.05, 4.69) is 25.9 Å². The third-order valence-corrected chi connectivity index (χ3v) is 6.28. The highest BCUT2D eigenvalue weighted by molar-refractivity contribution is 9.10. The number of fused-ring (bicyclic) bond motifs is 3. The van der Waals surface area contributed by atoms with Crippen molar-refractivity contribution in [1.29, 1.82) is 0 Å². The zero-order valence-corrected chi connectivity index (χ0v) is 16.0. The van der Waals surface area contributed by atoms with E-state index in [4.69, 9.17) is 9.05 Å². The van der Waals surface area contributed by atoms with Crippen LogP contribution in [0.5, 0.6) is 0 Å². The molecule has 0 aliphatic carbocycles. The summed E-state index contributed by atoms with van der Waals surface area (Å²) in [6.07, 6.45) is 1.66. The molecule has 0 spiro atoms. The van der Waals surface area contributed by atoms with Crippen molar-refractivity contribution in [1.82, 2.24) is 9.97 Å². The van der Waals surface area contributed by atoms with Crippen molar-refractivity contribution in [3.63, 3.8) is 0 Å². The Labute approximate surface area is 147 Å². The van der Waals surface area contributed by atoms with Crippen molar-refractivity contribution in [3.8, 4) is 0 Å². The molecular weight excluding hydrogens is 398 g/mol. The van der Waals surface area contributed by atoms with Crippen molar-refractivity contribution in [2.24, 2.45) is 0 Å². The van der Waals surface area contributed by atoms with Crippen LogP contribution in [0.15, 0.2) is 22.8 Å². The number of hydrogen-bond acceptors (Lipinski definition) is 4. The van der Waals surface area contributed by atoms with E-state index < -0.39 is 13.4 Å². The predicted octanol–water partition coefficient (Wildman–Crippen LogP) is 4.82. The van der Waals surface area contributed by atoms with E-state index in [1.54, 1.807) is 27.0 Å². The minimum absolute atomic E-state index is 0.0539. The van der Waals surface area contributed by atoms with Crippen molar-refractivity contribution in [3.05, 3.63) is 34.2 Å². The molecule has 3 aromatic rings. The van der Waals surface area contributed by atoms with Gasteiger partial charge in [0.2, 0.25) is 0 Å². The van der Waals surface area contributed by atoms with E-state index in [0.29, 0.717) is 22.0 Å². The maximum atomic E-state index is 15.0. The van der Waals surface area contributed by atoms with Crippen molar-refractivity contribution in [2.45, 2.75) is 20.8 Å². The molecule has 0 amide bonds. The first-order chi connectivity index (χ1) is 11.4. The Bertz CT molecular complexity index is 963. The molecule has 5 nitrogen and oxygen atoms in total. The fourth-order valence-electron chi connectivity index (χ4n) is 2.77. The Hall–Kier alpha value is -1.27. The van der Waals surface area contributed by atoms with Crippen LogP contribution in [0.3, 0.4) is 0 Å². The van der Waals surface area contributed by atoms with E-state index in [9.17, 15) is 8.96 Å². The SMILES string of the molecule is CCOP(=O)(OCC)c1cc2[nH]c3cc(Br)cnc3c2c(C)c1F. The molecule has 0 saturated heterocycles. The van der Waals surface area contributed by atoms with Gasteiger partial charge in [-0.3, -0.25) is 9.55 Å². The lowest BCUT2D eigenvalue weighted by Gasteiger charge is -2.18. The average molecular weight is 415 g/mol. The molecule has 0 aliphatic heterocycles. The third-order valence-electron chi connectivity index (χ3n) is 3.73. The Morgan fingerprint density at radius 2 is 1.92 bits per heavy atom. The Morgan fingerprint density at radius 1 is 1.25 bits per heavy atom.